The van der Waals surface area contributed by atoms with Crippen LogP contribution in [0.5, 0.6) is 0 Å². The second-order valence-corrected chi connectivity index (χ2v) is 4.54. The maximum absolute atomic E-state index is 3.35. The molecule has 0 aromatic carbocycles. The van der Waals surface area contributed by atoms with Gasteiger partial charge < -0.3 is 10.2 Å². The molecule has 1 aliphatic heterocycles. The highest BCUT2D eigenvalue weighted by Crippen LogP contribution is 2.33. The average Bonchev–Trinajstić information content (AvgIpc) is 2.30. The third kappa shape index (κ3) is 2.96. The Balaban J connectivity index is 2.53. The van der Waals surface area contributed by atoms with Crippen LogP contribution in [0, 0.1) is 5.41 Å². The Morgan fingerprint density at radius 1 is 1.31 bits per heavy atom. The number of rotatable bonds is 3. The fourth-order valence-corrected chi connectivity index (χ4v) is 2.42. The summed E-state index contributed by atoms with van der Waals surface area (Å²) in [6.45, 7) is 6.08. The summed E-state index contributed by atoms with van der Waals surface area (Å²) in [7, 11) is 4.32. The molecule has 78 valence electrons. The minimum absolute atomic E-state index is 0.583. The van der Waals surface area contributed by atoms with E-state index in [4.69, 9.17) is 0 Å². The van der Waals surface area contributed by atoms with E-state index in [0.29, 0.717) is 5.41 Å². The summed E-state index contributed by atoms with van der Waals surface area (Å²) in [6, 6.07) is 0. The normalized spacial score (nSPS) is 31.6. The van der Waals surface area contributed by atoms with Crippen molar-refractivity contribution >= 4 is 0 Å². The quantitative estimate of drug-likeness (QED) is 0.718. The van der Waals surface area contributed by atoms with Gasteiger partial charge in [0.2, 0.25) is 0 Å². The molecule has 1 N–H and O–H groups in total. The average molecular weight is 184 g/mol. The van der Waals surface area contributed by atoms with E-state index in [1.54, 1.807) is 0 Å². The van der Waals surface area contributed by atoms with Crippen molar-refractivity contribution in [3.8, 4) is 0 Å². The molecular formula is C11H24N2. The van der Waals surface area contributed by atoms with Crippen LogP contribution in [0.15, 0.2) is 0 Å². The zero-order chi connectivity index (χ0) is 9.73. The lowest BCUT2D eigenvalue weighted by Crippen LogP contribution is -2.33. The van der Waals surface area contributed by atoms with Crippen molar-refractivity contribution in [2.75, 3.05) is 33.7 Å². The highest BCUT2D eigenvalue weighted by molar-refractivity contribution is 4.83. The Kier molecular flexibility index (Phi) is 4.20. The van der Waals surface area contributed by atoms with Crippen LogP contribution in [0.1, 0.15) is 32.6 Å². The molecule has 1 fully saturated rings. The largest absolute Gasteiger partial charge is 0.319 e. The first-order chi connectivity index (χ1) is 6.22. The molecule has 1 aliphatic rings. The second-order valence-electron chi connectivity index (χ2n) is 4.54. The first-order valence-corrected chi connectivity index (χ1v) is 5.55. The Hall–Kier alpha value is -0.0800. The first-order valence-electron chi connectivity index (χ1n) is 5.55. The Labute approximate surface area is 82.7 Å². The second kappa shape index (κ2) is 4.97. The van der Waals surface area contributed by atoms with Crippen molar-refractivity contribution in [3.05, 3.63) is 0 Å². The maximum atomic E-state index is 3.35. The molecule has 0 aromatic heterocycles. The van der Waals surface area contributed by atoms with Gasteiger partial charge in [-0.1, -0.05) is 6.92 Å². The van der Waals surface area contributed by atoms with Gasteiger partial charge in [-0.15, -0.1) is 0 Å². The lowest BCUT2D eigenvalue weighted by Gasteiger charge is -2.31. The summed E-state index contributed by atoms with van der Waals surface area (Å²) in [5, 5.41) is 3.35. The van der Waals surface area contributed by atoms with Crippen molar-refractivity contribution in [3.63, 3.8) is 0 Å². The Morgan fingerprint density at radius 2 is 2.08 bits per heavy atom. The predicted octanol–water partition coefficient (Wildman–Crippen LogP) is 1.72. The number of likely N-dealkylation sites (tertiary alicyclic amines) is 1. The van der Waals surface area contributed by atoms with Crippen molar-refractivity contribution < 1.29 is 0 Å². The van der Waals surface area contributed by atoms with Crippen molar-refractivity contribution in [2.45, 2.75) is 32.6 Å². The molecular weight excluding hydrogens is 160 g/mol. The highest BCUT2D eigenvalue weighted by Gasteiger charge is 2.29. The zero-order valence-corrected chi connectivity index (χ0v) is 9.40. The molecule has 1 heterocycles. The number of nitrogens with zero attached hydrogens (tertiary/aromatic N) is 1. The third-order valence-corrected chi connectivity index (χ3v) is 3.57. The summed E-state index contributed by atoms with van der Waals surface area (Å²) >= 11 is 0. The van der Waals surface area contributed by atoms with Crippen LogP contribution in [-0.2, 0) is 0 Å². The minimum atomic E-state index is 0.583. The van der Waals surface area contributed by atoms with E-state index in [-0.39, 0.29) is 0 Å². The van der Waals surface area contributed by atoms with E-state index < -0.39 is 0 Å². The SMILES string of the molecule is CCC1(CNC)CCCN(C)CC1. The smallest absolute Gasteiger partial charge is 0.000519 e. The fourth-order valence-electron chi connectivity index (χ4n) is 2.42. The summed E-state index contributed by atoms with van der Waals surface area (Å²) in [4.78, 5) is 2.47. The van der Waals surface area contributed by atoms with E-state index in [1.807, 2.05) is 0 Å². The summed E-state index contributed by atoms with van der Waals surface area (Å²) in [5.41, 5.74) is 0.583. The summed E-state index contributed by atoms with van der Waals surface area (Å²) in [6.07, 6.45) is 5.45. The number of hydrogen-bond acceptors (Lipinski definition) is 2. The first kappa shape index (κ1) is 11.0. The van der Waals surface area contributed by atoms with Crippen LogP contribution in [0.25, 0.3) is 0 Å². The predicted molar refractivity (Wildman–Crippen MR) is 58.0 cm³/mol. The van der Waals surface area contributed by atoms with Crippen LogP contribution < -0.4 is 5.32 Å². The van der Waals surface area contributed by atoms with Gasteiger partial charge in [0.1, 0.15) is 0 Å². The molecule has 1 atom stereocenters. The van der Waals surface area contributed by atoms with Gasteiger partial charge in [0.25, 0.3) is 0 Å². The molecule has 1 unspecified atom stereocenters. The van der Waals surface area contributed by atoms with Gasteiger partial charge in [0.05, 0.1) is 0 Å². The van der Waals surface area contributed by atoms with Gasteiger partial charge >= 0.3 is 0 Å². The number of hydrogen-bond donors (Lipinski definition) is 1. The van der Waals surface area contributed by atoms with Gasteiger partial charge in [0, 0.05) is 6.54 Å². The van der Waals surface area contributed by atoms with Crippen molar-refractivity contribution in [1.29, 1.82) is 0 Å². The van der Waals surface area contributed by atoms with Crippen LogP contribution >= 0.6 is 0 Å². The van der Waals surface area contributed by atoms with E-state index in [9.17, 15) is 0 Å². The van der Waals surface area contributed by atoms with E-state index in [0.717, 1.165) is 0 Å². The van der Waals surface area contributed by atoms with Gasteiger partial charge in [0.15, 0.2) is 0 Å². The molecule has 2 nitrogen and oxygen atoms in total. The van der Waals surface area contributed by atoms with Gasteiger partial charge in [-0.05, 0) is 58.3 Å². The molecule has 13 heavy (non-hydrogen) atoms. The van der Waals surface area contributed by atoms with Gasteiger partial charge in [-0.3, -0.25) is 0 Å². The van der Waals surface area contributed by atoms with Crippen LogP contribution in [0.4, 0.5) is 0 Å². The van der Waals surface area contributed by atoms with Crippen LogP contribution in [-0.4, -0.2) is 38.6 Å². The summed E-state index contributed by atoms with van der Waals surface area (Å²) < 4.78 is 0. The van der Waals surface area contributed by atoms with E-state index in [2.05, 4.69) is 31.2 Å². The third-order valence-electron chi connectivity index (χ3n) is 3.57. The molecule has 0 saturated carbocycles. The molecule has 0 aromatic rings. The summed E-state index contributed by atoms with van der Waals surface area (Å²) in [5.74, 6) is 0. The maximum Gasteiger partial charge on any atom is 0.000519 e. The molecule has 0 radical (unpaired) electrons. The van der Waals surface area contributed by atoms with E-state index >= 15 is 0 Å². The Bertz CT molecular complexity index is 147. The van der Waals surface area contributed by atoms with Gasteiger partial charge in [-0.25, -0.2) is 0 Å². The van der Waals surface area contributed by atoms with Crippen LogP contribution in [0.2, 0.25) is 0 Å². The lowest BCUT2D eigenvalue weighted by molar-refractivity contribution is 0.225. The van der Waals surface area contributed by atoms with Crippen molar-refractivity contribution in [2.24, 2.45) is 5.41 Å². The van der Waals surface area contributed by atoms with Crippen LogP contribution in [0.3, 0.4) is 0 Å². The van der Waals surface area contributed by atoms with Crippen molar-refractivity contribution in [1.82, 2.24) is 10.2 Å². The Morgan fingerprint density at radius 3 is 2.69 bits per heavy atom. The molecule has 1 rings (SSSR count). The minimum Gasteiger partial charge on any atom is -0.319 e. The molecule has 0 aliphatic carbocycles. The standard InChI is InChI=1S/C11H24N2/c1-4-11(10-12-2)6-5-8-13(3)9-7-11/h12H,4-10H2,1-3H3. The highest BCUT2D eigenvalue weighted by atomic mass is 15.1. The molecule has 0 spiro atoms. The number of nitrogens with one attached hydrogen (secondary N) is 1. The lowest BCUT2D eigenvalue weighted by atomic mass is 9.78. The fraction of sp³-hybridized carbons (Fsp3) is 1.00. The van der Waals surface area contributed by atoms with Gasteiger partial charge in [-0.2, -0.15) is 0 Å². The zero-order valence-electron chi connectivity index (χ0n) is 9.40. The molecule has 0 bridgehead atoms. The van der Waals surface area contributed by atoms with E-state index in [1.165, 1.54) is 45.3 Å². The molecule has 2 heteroatoms. The molecule has 1 saturated heterocycles. The molecule has 0 amide bonds. The topological polar surface area (TPSA) is 15.3 Å². The monoisotopic (exact) mass is 184 g/mol.